The first-order chi connectivity index (χ1) is 5.81. The molecule has 1 aromatic carbocycles. The topological polar surface area (TPSA) is 20.2 Å². The Hall–Kier alpha value is -1.24. The summed E-state index contributed by atoms with van der Waals surface area (Å²) in [5.41, 5.74) is 2.18. The molecule has 12 heavy (non-hydrogen) atoms. The molecule has 1 fully saturated rings. The average molecular weight is 160 g/mol. The number of hydrogen-bond donors (Lipinski definition) is 1. The Morgan fingerprint density at radius 1 is 1.42 bits per heavy atom. The maximum atomic E-state index is 9.51. The molecule has 62 valence electrons. The van der Waals surface area contributed by atoms with E-state index in [-0.39, 0.29) is 0 Å². The number of rotatable bonds is 2. The van der Waals surface area contributed by atoms with Gasteiger partial charge in [0.25, 0.3) is 0 Å². The van der Waals surface area contributed by atoms with Gasteiger partial charge in [0.1, 0.15) is 5.75 Å². The molecule has 0 heterocycles. The van der Waals surface area contributed by atoms with Gasteiger partial charge < -0.3 is 5.11 Å². The van der Waals surface area contributed by atoms with Crippen molar-refractivity contribution >= 4 is 6.08 Å². The van der Waals surface area contributed by atoms with Gasteiger partial charge in [0, 0.05) is 0 Å². The molecule has 1 aromatic rings. The highest BCUT2D eigenvalue weighted by Crippen LogP contribution is 2.44. The SMILES string of the molecule is C=Cc1ccc(O)c(C2CC2)c1. The summed E-state index contributed by atoms with van der Waals surface area (Å²) in [7, 11) is 0. The standard InChI is InChI=1S/C11H12O/c1-2-8-3-6-11(12)10(7-8)9-4-5-9/h2-3,6-7,9,12H,1,4-5H2. The molecule has 0 bridgehead atoms. The summed E-state index contributed by atoms with van der Waals surface area (Å²) in [6.07, 6.45) is 4.24. The van der Waals surface area contributed by atoms with Crippen LogP contribution in [0.25, 0.3) is 6.08 Å². The van der Waals surface area contributed by atoms with E-state index in [9.17, 15) is 5.11 Å². The average Bonchev–Trinajstić information content (AvgIpc) is 2.88. The maximum absolute atomic E-state index is 9.51. The monoisotopic (exact) mass is 160 g/mol. The molecule has 1 aliphatic carbocycles. The van der Waals surface area contributed by atoms with Crippen LogP contribution in [0.2, 0.25) is 0 Å². The molecule has 0 radical (unpaired) electrons. The molecular formula is C11H12O. The molecule has 0 saturated heterocycles. The van der Waals surface area contributed by atoms with Crippen LogP contribution in [-0.4, -0.2) is 5.11 Å². The Labute approximate surface area is 72.4 Å². The van der Waals surface area contributed by atoms with E-state index >= 15 is 0 Å². The van der Waals surface area contributed by atoms with Crippen molar-refractivity contribution in [2.45, 2.75) is 18.8 Å². The van der Waals surface area contributed by atoms with Crippen molar-refractivity contribution in [3.63, 3.8) is 0 Å². The highest BCUT2D eigenvalue weighted by molar-refractivity contribution is 5.52. The first-order valence-corrected chi connectivity index (χ1v) is 4.26. The second-order valence-corrected chi connectivity index (χ2v) is 3.30. The lowest BCUT2D eigenvalue weighted by atomic mass is 10.1. The van der Waals surface area contributed by atoms with Gasteiger partial charge >= 0.3 is 0 Å². The summed E-state index contributed by atoms with van der Waals surface area (Å²) in [6, 6.07) is 5.67. The molecule has 0 unspecified atom stereocenters. The fraction of sp³-hybridized carbons (Fsp3) is 0.273. The summed E-state index contributed by atoms with van der Waals surface area (Å²) >= 11 is 0. The van der Waals surface area contributed by atoms with Crippen molar-refractivity contribution in [2.24, 2.45) is 0 Å². The van der Waals surface area contributed by atoms with E-state index in [2.05, 4.69) is 6.58 Å². The molecule has 1 heteroatoms. The summed E-state index contributed by atoms with van der Waals surface area (Å²) in [5.74, 6) is 1.04. The summed E-state index contributed by atoms with van der Waals surface area (Å²) < 4.78 is 0. The molecular weight excluding hydrogens is 148 g/mol. The van der Waals surface area contributed by atoms with Crippen molar-refractivity contribution in [3.8, 4) is 5.75 Å². The fourth-order valence-electron chi connectivity index (χ4n) is 1.42. The second kappa shape index (κ2) is 2.67. The number of aromatic hydroxyl groups is 1. The number of phenolic OH excluding ortho intramolecular Hbond substituents is 1. The third-order valence-electron chi connectivity index (χ3n) is 2.30. The highest BCUT2D eigenvalue weighted by atomic mass is 16.3. The van der Waals surface area contributed by atoms with Gasteiger partial charge in [-0.3, -0.25) is 0 Å². The minimum absolute atomic E-state index is 0.433. The largest absolute Gasteiger partial charge is 0.508 e. The Balaban J connectivity index is 2.42. The minimum atomic E-state index is 0.433. The van der Waals surface area contributed by atoms with Gasteiger partial charge in [0.2, 0.25) is 0 Å². The van der Waals surface area contributed by atoms with Crippen LogP contribution in [0.3, 0.4) is 0 Å². The predicted molar refractivity (Wildman–Crippen MR) is 50.2 cm³/mol. The van der Waals surface area contributed by atoms with Crippen molar-refractivity contribution < 1.29 is 5.11 Å². The molecule has 1 nitrogen and oxygen atoms in total. The first kappa shape index (κ1) is 7.41. The van der Waals surface area contributed by atoms with Crippen molar-refractivity contribution in [3.05, 3.63) is 35.9 Å². The molecule has 0 spiro atoms. The van der Waals surface area contributed by atoms with Crippen LogP contribution >= 0.6 is 0 Å². The van der Waals surface area contributed by atoms with Gasteiger partial charge in [-0.25, -0.2) is 0 Å². The predicted octanol–water partition coefficient (Wildman–Crippen LogP) is 2.91. The number of benzene rings is 1. The van der Waals surface area contributed by atoms with E-state index in [4.69, 9.17) is 0 Å². The molecule has 0 atom stereocenters. The zero-order valence-electron chi connectivity index (χ0n) is 6.96. The third kappa shape index (κ3) is 1.22. The van der Waals surface area contributed by atoms with Gasteiger partial charge in [-0.05, 0) is 42.0 Å². The molecule has 0 aromatic heterocycles. The van der Waals surface area contributed by atoms with Crippen molar-refractivity contribution in [1.82, 2.24) is 0 Å². The quantitative estimate of drug-likeness (QED) is 0.705. The number of phenols is 1. The van der Waals surface area contributed by atoms with Crippen LogP contribution in [0.4, 0.5) is 0 Å². The molecule has 1 saturated carbocycles. The first-order valence-electron chi connectivity index (χ1n) is 4.26. The van der Waals surface area contributed by atoms with Crippen LogP contribution in [0.5, 0.6) is 5.75 Å². The Bertz CT molecular complexity index is 311. The summed E-state index contributed by atoms with van der Waals surface area (Å²) in [4.78, 5) is 0. The molecule has 1 N–H and O–H groups in total. The lowest BCUT2D eigenvalue weighted by molar-refractivity contribution is 0.468. The maximum Gasteiger partial charge on any atom is 0.119 e. The van der Waals surface area contributed by atoms with E-state index in [0.717, 1.165) is 11.1 Å². The van der Waals surface area contributed by atoms with Crippen molar-refractivity contribution in [1.29, 1.82) is 0 Å². The zero-order valence-corrected chi connectivity index (χ0v) is 6.96. The minimum Gasteiger partial charge on any atom is -0.508 e. The van der Waals surface area contributed by atoms with E-state index in [1.54, 1.807) is 6.07 Å². The van der Waals surface area contributed by atoms with E-state index in [1.165, 1.54) is 12.8 Å². The molecule has 1 aliphatic rings. The van der Waals surface area contributed by atoms with Gasteiger partial charge in [-0.15, -0.1) is 0 Å². The van der Waals surface area contributed by atoms with E-state index in [1.807, 2.05) is 18.2 Å². The molecule has 0 amide bonds. The van der Waals surface area contributed by atoms with Crippen molar-refractivity contribution in [2.75, 3.05) is 0 Å². The third-order valence-corrected chi connectivity index (χ3v) is 2.30. The smallest absolute Gasteiger partial charge is 0.119 e. The molecule has 0 aliphatic heterocycles. The Morgan fingerprint density at radius 3 is 2.75 bits per heavy atom. The van der Waals surface area contributed by atoms with E-state index < -0.39 is 0 Å². The Kier molecular flexibility index (Phi) is 1.65. The lowest BCUT2D eigenvalue weighted by Crippen LogP contribution is -1.82. The normalized spacial score (nSPS) is 16.0. The van der Waals surface area contributed by atoms with Crippen LogP contribution in [0, 0.1) is 0 Å². The molecule has 2 rings (SSSR count). The van der Waals surface area contributed by atoms with Gasteiger partial charge in [0.15, 0.2) is 0 Å². The van der Waals surface area contributed by atoms with Crippen LogP contribution in [0.15, 0.2) is 24.8 Å². The van der Waals surface area contributed by atoms with Gasteiger partial charge in [-0.1, -0.05) is 18.7 Å². The fourth-order valence-corrected chi connectivity index (χ4v) is 1.42. The Morgan fingerprint density at radius 2 is 2.17 bits per heavy atom. The van der Waals surface area contributed by atoms with Crippen LogP contribution in [-0.2, 0) is 0 Å². The summed E-state index contributed by atoms with van der Waals surface area (Å²) in [6.45, 7) is 3.70. The second-order valence-electron chi connectivity index (χ2n) is 3.30. The highest BCUT2D eigenvalue weighted by Gasteiger charge is 2.25. The zero-order chi connectivity index (χ0) is 8.55. The number of hydrogen-bond acceptors (Lipinski definition) is 1. The van der Waals surface area contributed by atoms with Gasteiger partial charge in [-0.2, -0.15) is 0 Å². The lowest BCUT2D eigenvalue weighted by Gasteiger charge is -2.03. The van der Waals surface area contributed by atoms with E-state index in [0.29, 0.717) is 11.7 Å². The summed E-state index contributed by atoms with van der Waals surface area (Å²) in [5, 5.41) is 9.51. The van der Waals surface area contributed by atoms with Crippen LogP contribution in [0.1, 0.15) is 29.9 Å². The van der Waals surface area contributed by atoms with Crippen LogP contribution < -0.4 is 0 Å². The van der Waals surface area contributed by atoms with Gasteiger partial charge in [0.05, 0.1) is 0 Å².